The molecule has 0 amide bonds. The van der Waals surface area contributed by atoms with Crippen molar-refractivity contribution in [1.29, 1.82) is 0 Å². The maximum atomic E-state index is 9.68. The highest BCUT2D eigenvalue weighted by Crippen LogP contribution is 2.25. The Morgan fingerprint density at radius 1 is 1.39 bits per heavy atom. The highest BCUT2D eigenvalue weighted by molar-refractivity contribution is 6.42. The van der Waals surface area contributed by atoms with Gasteiger partial charge in [0.25, 0.3) is 0 Å². The monoisotopic (exact) mass is 287 g/mol. The van der Waals surface area contributed by atoms with E-state index in [0.717, 1.165) is 32.5 Å². The molecule has 1 aliphatic heterocycles. The van der Waals surface area contributed by atoms with E-state index in [2.05, 4.69) is 4.90 Å². The maximum Gasteiger partial charge on any atom is 0.0595 e. The van der Waals surface area contributed by atoms with Gasteiger partial charge >= 0.3 is 0 Å². The van der Waals surface area contributed by atoms with Gasteiger partial charge in [-0.25, -0.2) is 0 Å². The number of hydrogen-bond acceptors (Lipinski definition) is 2. The van der Waals surface area contributed by atoms with E-state index in [1.165, 1.54) is 5.56 Å². The molecule has 2 nitrogen and oxygen atoms in total. The Hall–Kier alpha value is -0.280. The molecule has 1 N–H and O–H groups in total. The van der Waals surface area contributed by atoms with E-state index in [4.69, 9.17) is 23.2 Å². The average molecular weight is 288 g/mol. The van der Waals surface area contributed by atoms with E-state index < -0.39 is 0 Å². The highest BCUT2D eigenvalue weighted by atomic mass is 35.5. The van der Waals surface area contributed by atoms with E-state index >= 15 is 0 Å². The van der Waals surface area contributed by atoms with Gasteiger partial charge in [-0.1, -0.05) is 29.3 Å². The number of nitrogens with zero attached hydrogens (tertiary/aromatic N) is 1. The summed E-state index contributed by atoms with van der Waals surface area (Å²) in [5.74, 6) is 0.390. The van der Waals surface area contributed by atoms with Crippen molar-refractivity contribution >= 4 is 23.2 Å². The van der Waals surface area contributed by atoms with E-state index in [-0.39, 0.29) is 6.10 Å². The van der Waals surface area contributed by atoms with Crippen LogP contribution in [-0.4, -0.2) is 29.2 Å². The van der Waals surface area contributed by atoms with Crippen LogP contribution >= 0.6 is 23.2 Å². The Balaban J connectivity index is 1.98. The molecule has 2 atom stereocenters. The molecule has 0 spiro atoms. The van der Waals surface area contributed by atoms with E-state index in [1.807, 2.05) is 25.1 Å². The fourth-order valence-corrected chi connectivity index (χ4v) is 2.85. The summed E-state index contributed by atoms with van der Waals surface area (Å²) < 4.78 is 0. The van der Waals surface area contributed by atoms with Gasteiger partial charge in [0.2, 0.25) is 0 Å². The van der Waals surface area contributed by atoms with Crippen LogP contribution < -0.4 is 0 Å². The van der Waals surface area contributed by atoms with Crippen molar-refractivity contribution in [3.05, 3.63) is 33.8 Å². The number of piperidine rings is 1. The van der Waals surface area contributed by atoms with E-state index in [1.54, 1.807) is 0 Å². The number of halogens is 2. The summed E-state index contributed by atoms with van der Waals surface area (Å²) in [6.45, 7) is 4.80. The Kier molecular flexibility index (Phi) is 4.91. The van der Waals surface area contributed by atoms with Crippen LogP contribution in [0.2, 0.25) is 10.0 Å². The van der Waals surface area contributed by atoms with Gasteiger partial charge in [-0.05, 0) is 49.9 Å². The molecule has 1 aromatic rings. The number of benzene rings is 1. The van der Waals surface area contributed by atoms with Gasteiger partial charge in [0.1, 0.15) is 0 Å². The molecule has 1 fully saturated rings. The van der Waals surface area contributed by atoms with Crippen LogP contribution in [0.4, 0.5) is 0 Å². The third-order valence-corrected chi connectivity index (χ3v) is 4.35. The summed E-state index contributed by atoms with van der Waals surface area (Å²) in [5, 5.41) is 10.9. The zero-order valence-corrected chi connectivity index (χ0v) is 12.1. The van der Waals surface area contributed by atoms with Gasteiger partial charge in [-0.3, -0.25) is 4.90 Å². The van der Waals surface area contributed by atoms with Gasteiger partial charge in [-0.15, -0.1) is 0 Å². The topological polar surface area (TPSA) is 23.5 Å². The standard InChI is InChI=1S/C14H19Cl2NO/c1-10(18)12-3-2-6-17(9-12)8-11-4-5-13(15)14(16)7-11/h4-5,7,10,12,18H,2-3,6,8-9H2,1H3. The summed E-state index contributed by atoms with van der Waals surface area (Å²) in [4.78, 5) is 2.38. The molecule has 0 aromatic heterocycles. The molecule has 18 heavy (non-hydrogen) atoms. The zero-order chi connectivity index (χ0) is 13.1. The summed E-state index contributed by atoms with van der Waals surface area (Å²) in [7, 11) is 0. The second kappa shape index (κ2) is 6.25. The Bertz CT molecular complexity index is 409. The van der Waals surface area contributed by atoms with Crippen LogP contribution in [0, 0.1) is 5.92 Å². The maximum absolute atomic E-state index is 9.68. The SMILES string of the molecule is CC(O)C1CCCN(Cc2ccc(Cl)c(Cl)c2)C1. The van der Waals surface area contributed by atoms with Crippen LogP contribution in [0.5, 0.6) is 0 Å². The van der Waals surface area contributed by atoms with Gasteiger partial charge in [0, 0.05) is 13.1 Å². The molecular formula is C14H19Cl2NO. The van der Waals surface area contributed by atoms with E-state index in [9.17, 15) is 5.11 Å². The minimum Gasteiger partial charge on any atom is -0.393 e. The predicted octanol–water partition coefficient (Wildman–Crippen LogP) is 3.59. The summed E-state index contributed by atoms with van der Waals surface area (Å²) in [5.41, 5.74) is 1.18. The van der Waals surface area contributed by atoms with Crippen molar-refractivity contribution in [2.24, 2.45) is 5.92 Å². The van der Waals surface area contributed by atoms with Crippen molar-refractivity contribution in [2.45, 2.75) is 32.4 Å². The number of rotatable bonds is 3. The Morgan fingerprint density at radius 3 is 2.83 bits per heavy atom. The zero-order valence-electron chi connectivity index (χ0n) is 10.6. The molecule has 2 unspecified atom stereocenters. The number of aliphatic hydroxyl groups excluding tert-OH is 1. The molecule has 2 rings (SSSR count). The first-order valence-corrected chi connectivity index (χ1v) is 7.16. The van der Waals surface area contributed by atoms with Crippen LogP contribution in [-0.2, 0) is 6.54 Å². The van der Waals surface area contributed by atoms with Gasteiger partial charge in [0.05, 0.1) is 16.1 Å². The summed E-state index contributed by atoms with van der Waals surface area (Å²) in [6.07, 6.45) is 2.05. The minimum absolute atomic E-state index is 0.221. The molecule has 1 aliphatic rings. The largest absolute Gasteiger partial charge is 0.393 e. The lowest BCUT2D eigenvalue weighted by Crippen LogP contribution is -2.39. The fraction of sp³-hybridized carbons (Fsp3) is 0.571. The average Bonchev–Trinajstić information content (AvgIpc) is 2.34. The lowest BCUT2D eigenvalue weighted by molar-refractivity contribution is 0.0599. The van der Waals surface area contributed by atoms with Crippen molar-refractivity contribution in [1.82, 2.24) is 4.90 Å². The number of hydrogen-bond donors (Lipinski definition) is 1. The first-order valence-electron chi connectivity index (χ1n) is 6.40. The van der Waals surface area contributed by atoms with Crippen molar-refractivity contribution in [3.8, 4) is 0 Å². The summed E-state index contributed by atoms with van der Waals surface area (Å²) in [6, 6.07) is 5.78. The molecule has 0 aliphatic carbocycles. The lowest BCUT2D eigenvalue weighted by Gasteiger charge is -2.34. The minimum atomic E-state index is -0.221. The third kappa shape index (κ3) is 3.61. The molecular weight excluding hydrogens is 269 g/mol. The summed E-state index contributed by atoms with van der Waals surface area (Å²) >= 11 is 11.9. The van der Waals surface area contributed by atoms with Gasteiger partial charge in [0.15, 0.2) is 0 Å². The Labute approximate surface area is 119 Å². The smallest absolute Gasteiger partial charge is 0.0595 e. The van der Waals surface area contributed by atoms with Crippen molar-refractivity contribution in [3.63, 3.8) is 0 Å². The van der Waals surface area contributed by atoms with E-state index in [0.29, 0.717) is 16.0 Å². The van der Waals surface area contributed by atoms with Crippen LogP contribution in [0.25, 0.3) is 0 Å². The van der Waals surface area contributed by atoms with Crippen LogP contribution in [0.15, 0.2) is 18.2 Å². The second-order valence-corrected chi connectivity index (χ2v) is 5.94. The third-order valence-electron chi connectivity index (χ3n) is 3.61. The molecule has 0 radical (unpaired) electrons. The molecule has 4 heteroatoms. The van der Waals surface area contributed by atoms with Gasteiger partial charge in [-0.2, -0.15) is 0 Å². The second-order valence-electron chi connectivity index (χ2n) is 5.13. The molecule has 100 valence electrons. The Morgan fingerprint density at radius 2 is 2.17 bits per heavy atom. The molecule has 0 saturated carbocycles. The fourth-order valence-electron chi connectivity index (χ4n) is 2.52. The normalized spacial score (nSPS) is 23.0. The van der Waals surface area contributed by atoms with Crippen LogP contribution in [0.1, 0.15) is 25.3 Å². The van der Waals surface area contributed by atoms with Gasteiger partial charge < -0.3 is 5.11 Å². The molecule has 1 aromatic carbocycles. The molecule has 1 saturated heterocycles. The molecule has 1 heterocycles. The van der Waals surface area contributed by atoms with Crippen molar-refractivity contribution in [2.75, 3.05) is 13.1 Å². The van der Waals surface area contributed by atoms with Crippen molar-refractivity contribution < 1.29 is 5.11 Å². The first-order chi connectivity index (χ1) is 8.56. The molecule has 0 bridgehead atoms. The van der Waals surface area contributed by atoms with Crippen LogP contribution in [0.3, 0.4) is 0 Å². The first kappa shape index (κ1) is 14.1. The predicted molar refractivity (Wildman–Crippen MR) is 76.1 cm³/mol. The quantitative estimate of drug-likeness (QED) is 0.919. The highest BCUT2D eigenvalue weighted by Gasteiger charge is 2.23. The lowest BCUT2D eigenvalue weighted by atomic mass is 9.93. The number of aliphatic hydroxyl groups is 1. The number of likely N-dealkylation sites (tertiary alicyclic amines) is 1.